The summed E-state index contributed by atoms with van der Waals surface area (Å²) >= 11 is 2.39. The van der Waals surface area contributed by atoms with Gasteiger partial charge >= 0.3 is 0 Å². The van der Waals surface area contributed by atoms with E-state index in [0.29, 0.717) is 5.92 Å². The minimum Gasteiger partial charge on any atom is -0.354 e. The fraction of sp³-hybridized carbons (Fsp3) is 0.250. The van der Waals surface area contributed by atoms with E-state index >= 15 is 0 Å². The van der Waals surface area contributed by atoms with Gasteiger partial charge in [-0.3, -0.25) is 0 Å². The van der Waals surface area contributed by atoms with E-state index in [1.807, 2.05) is 0 Å². The molecule has 0 saturated carbocycles. The lowest BCUT2D eigenvalue weighted by Gasteiger charge is -2.04. The highest BCUT2D eigenvalue weighted by molar-refractivity contribution is 14.1. The van der Waals surface area contributed by atoms with Gasteiger partial charge < -0.3 is 4.98 Å². The summed E-state index contributed by atoms with van der Waals surface area (Å²) in [5, 5.41) is 2.68. The van der Waals surface area contributed by atoms with Gasteiger partial charge in [0, 0.05) is 19.9 Å². The quantitative estimate of drug-likeness (QED) is 0.618. The molecule has 92 valence electrons. The van der Waals surface area contributed by atoms with Crippen LogP contribution in [0.3, 0.4) is 0 Å². The van der Waals surface area contributed by atoms with E-state index in [2.05, 4.69) is 77.8 Å². The number of fused-ring (bicyclic) bond motifs is 3. The van der Waals surface area contributed by atoms with Crippen LogP contribution in [0.2, 0.25) is 0 Å². The zero-order chi connectivity index (χ0) is 12.7. The Morgan fingerprint density at radius 2 is 1.94 bits per heavy atom. The van der Waals surface area contributed by atoms with Gasteiger partial charge in [0.1, 0.15) is 0 Å². The summed E-state index contributed by atoms with van der Waals surface area (Å²) in [5.41, 5.74) is 3.92. The first-order valence-electron chi connectivity index (χ1n) is 6.34. The molecule has 0 amide bonds. The maximum absolute atomic E-state index is 3.52. The maximum atomic E-state index is 3.52. The first-order valence-corrected chi connectivity index (χ1v) is 7.42. The Bertz CT molecular complexity index is 710. The van der Waals surface area contributed by atoms with Crippen LogP contribution in [0.25, 0.3) is 21.8 Å². The summed E-state index contributed by atoms with van der Waals surface area (Å²) in [7, 11) is 0. The summed E-state index contributed by atoms with van der Waals surface area (Å²) < 4.78 is 1.28. The number of hydrogen-bond donors (Lipinski definition) is 1. The van der Waals surface area contributed by atoms with Gasteiger partial charge in [-0.05, 0) is 58.7 Å². The number of rotatable bonds is 2. The lowest BCUT2D eigenvalue weighted by Crippen LogP contribution is -1.93. The molecule has 0 aliphatic carbocycles. The first kappa shape index (κ1) is 12.0. The van der Waals surface area contributed by atoms with Crippen LogP contribution in [-0.2, 0) is 6.42 Å². The molecular formula is C16H16IN. The summed E-state index contributed by atoms with van der Waals surface area (Å²) in [4.78, 5) is 3.52. The second-order valence-corrected chi connectivity index (χ2v) is 6.43. The Balaban J connectivity index is 2.26. The van der Waals surface area contributed by atoms with Crippen LogP contribution in [-0.4, -0.2) is 4.98 Å². The van der Waals surface area contributed by atoms with Crippen molar-refractivity contribution < 1.29 is 0 Å². The van der Waals surface area contributed by atoms with Crippen molar-refractivity contribution in [2.45, 2.75) is 20.3 Å². The van der Waals surface area contributed by atoms with Gasteiger partial charge in [0.2, 0.25) is 0 Å². The van der Waals surface area contributed by atoms with Gasteiger partial charge in [0.25, 0.3) is 0 Å². The number of aromatic amines is 1. The average Bonchev–Trinajstić information content (AvgIpc) is 2.68. The lowest BCUT2D eigenvalue weighted by atomic mass is 10.0. The molecule has 0 aliphatic heterocycles. The molecule has 3 rings (SSSR count). The van der Waals surface area contributed by atoms with E-state index < -0.39 is 0 Å². The molecule has 1 heterocycles. The van der Waals surface area contributed by atoms with Gasteiger partial charge in [-0.15, -0.1) is 0 Å². The lowest BCUT2D eigenvalue weighted by molar-refractivity contribution is 0.648. The fourth-order valence-electron chi connectivity index (χ4n) is 2.53. The molecule has 3 aromatic rings. The van der Waals surface area contributed by atoms with E-state index in [1.165, 1.54) is 30.9 Å². The summed E-state index contributed by atoms with van der Waals surface area (Å²) in [5.74, 6) is 0.702. The predicted molar refractivity (Wildman–Crippen MR) is 87.1 cm³/mol. The third-order valence-electron chi connectivity index (χ3n) is 3.29. The van der Waals surface area contributed by atoms with Crippen LogP contribution in [0.5, 0.6) is 0 Å². The highest BCUT2D eigenvalue weighted by Gasteiger charge is 2.07. The third-order valence-corrected chi connectivity index (χ3v) is 4.19. The zero-order valence-electron chi connectivity index (χ0n) is 10.6. The highest BCUT2D eigenvalue weighted by Crippen LogP contribution is 2.29. The smallest absolute Gasteiger partial charge is 0.0600 e. The normalized spacial score (nSPS) is 11.8. The van der Waals surface area contributed by atoms with Gasteiger partial charge in [-0.2, -0.15) is 0 Å². The van der Waals surface area contributed by atoms with Crippen molar-refractivity contribution in [1.82, 2.24) is 4.98 Å². The second kappa shape index (κ2) is 4.57. The second-order valence-electron chi connectivity index (χ2n) is 5.27. The Morgan fingerprint density at radius 3 is 2.72 bits per heavy atom. The molecule has 2 heteroatoms. The van der Waals surface area contributed by atoms with E-state index in [0.717, 1.165) is 6.42 Å². The van der Waals surface area contributed by atoms with Crippen LogP contribution >= 0.6 is 22.6 Å². The van der Waals surface area contributed by atoms with Crippen LogP contribution in [0.15, 0.2) is 36.4 Å². The highest BCUT2D eigenvalue weighted by atomic mass is 127. The Hall–Kier alpha value is -1.03. The molecule has 0 unspecified atom stereocenters. The van der Waals surface area contributed by atoms with Crippen molar-refractivity contribution in [1.29, 1.82) is 0 Å². The molecule has 0 fully saturated rings. The van der Waals surface area contributed by atoms with Crippen LogP contribution < -0.4 is 0 Å². The van der Waals surface area contributed by atoms with Crippen molar-refractivity contribution >= 4 is 44.4 Å². The molecule has 0 radical (unpaired) electrons. The Morgan fingerprint density at radius 1 is 1.11 bits per heavy atom. The molecule has 0 spiro atoms. The van der Waals surface area contributed by atoms with Crippen LogP contribution in [0, 0.1) is 9.49 Å². The number of para-hydroxylation sites is 1. The molecular weight excluding hydrogens is 333 g/mol. The number of nitrogens with one attached hydrogen (secondary N) is 1. The van der Waals surface area contributed by atoms with Crippen molar-refractivity contribution in [3.8, 4) is 0 Å². The van der Waals surface area contributed by atoms with E-state index in [1.54, 1.807) is 0 Å². The molecule has 0 bridgehead atoms. The van der Waals surface area contributed by atoms with Crippen molar-refractivity contribution in [3.05, 3.63) is 45.5 Å². The molecule has 18 heavy (non-hydrogen) atoms. The third kappa shape index (κ3) is 2.03. The molecule has 1 N–H and O–H groups in total. The SMILES string of the molecule is CC(C)Cc1ccc2[nH]c3c(I)cccc3c2c1. The van der Waals surface area contributed by atoms with Gasteiger partial charge in [-0.25, -0.2) is 0 Å². The number of hydrogen-bond acceptors (Lipinski definition) is 0. The summed E-state index contributed by atoms with van der Waals surface area (Å²) in [6, 6.07) is 13.3. The number of benzene rings is 2. The predicted octanol–water partition coefficient (Wildman–Crippen LogP) is 5.12. The van der Waals surface area contributed by atoms with Crippen LogP contribution in [0.4, 0.5) is 0 Å². The maximum Gasteiger partial charge on any atom is 0.0600 e. The minimum atomic E-state index is 0.702. The van der Waals surface area contributed by atoms with Crippen molar-refractivity contribution in [3.63, 3.8) is 0 Å². The molecule has 2 aromatic carbocycles. The monoisotopic (exact) mass is 349 g/mol. The number of aromatic nitrogens is 1. The van der Waals surface area contributed by atoms with E-state index in [4.69, 9.17) is 0 Å². The minimum absolute atomic E-state index is 0.702. The standard InChI is InChI=1S/C16H16IN/c1-10(2)8-11-6-7-15-13(9-11)12-4-3-5-14(17)16(12)18-15/h3-7,9-10,18H,8H2,1-2H3. The Labute approximate surface area is 121 Å². The van der Waals surface area contributed by atoms with E-state index in [-0.39, 0.29) is 0 Å². The number of halogens is 1. The molecule has 0 saturated heterocycles. The summed E-state index contributed by atoms with van der Waals surface area (Å²) in [6.45, 7) is 4.53. The topological polar surface area (TPSA) is 15.8 Å². The van der Waals surface area contributed by atoms with Gasteiger partial charge in [-0.1, -0.05) is 32.0 Å². The van der Waals surface area contributed by atoms with Gasteiger partial charge in [0.15, 0.2) is 0 Å². The summed E-state index contributed by atoms with van der Waals surface area (Å²) in [6.07, 6.45) is 1.15. The Kier molecular flexibility index (Phi) is 3.06. The average molecular weight is 349 g/mol. The first-order chi connectivity index (χ1) is 8.65. The zero-order valence-corrected chi connectivity index (χ0v) is 12.8. The largest absolute Gasteiger partial charge is 0.354 e. The van der Waals surface area contributed by atoms with Crippen molar-refractivity contribution in [2.24, 2.45) is 5.92 Å². The van der Waals surface area contributed by atoms with Gasteiger partial charge in [0.05, 0.1) is 5.52 Å². The van der Waals surface area contributed by atoms with Crippen molar-refractivity contribution in [2.75, 3.05) is 0 Å². The van der Waals surface area contributed by atoms with Crippen LogP contribution in [0.1, 0.15) is 19.4 Å². The molecule has 0 aliphatic rings. The van der Waals surface area contributed by atoms with E-state index in [9.17, 15) is 0 Å². The molecule has 1 nitrogen and oxygen atoms in total. The molecule has 1 aromatic heterocycles. The molecule has 0 atom stereocenters. The fourth-order valence-corrected chi connectivity index (χ4v) is 3.16. The number of H-pyrrole nitrogens is 1.